The lowest BCUT2D eigenvalue weighted by Gasteiger charge is -2.29. The molecule has 1 aliphatic rings. The molecule has 0 amide bonds. The molecule has 0 aromatic rings. The van der Waals surface area contributed by atoms with Gasteiger partial charge in [-0.15, -0.1) is 6.42 Å². The van der Waals surface area contributed by atoms with Crippen LogP contribution in [0.5, 0.6) is 0 Å². The minimum atomic E-state index is 0.139. The molecule has 0 aliphatic carbocycles. The van der Waals surface area contributed by atoms with E-state index in [2.05, 4.69) is 18.2 Å². The van der Waals surface area contributed by atoms with Gasteiger partial charge in [-0.05, 0) is 33.1 Å². The van der Waals surface area contributed by atoms with Crippen molar-refractivity contribution in [2.75, 3.05) is 6.61 Å². The average Bonchev–Trinajstić information content (AvgIpc) is 2.19. The fourth-order valence-corrected chi connectivity index (χ4v) is 1.71. The van der Waals surface area contributed by atoms with Crippen molar-refractivity contribution in [2.24, 2.45) is 0 Å². The molecule has 2 nitrogen and oxygen atoms in total. The van der Waals surface area contributed by atoms with Gasteiger partial charge in [0.15, 0.2) is 0 Å². The van der Waals surface area contributed by atoms with Gasteiger partial charge in [-0.25, -0.2) is 0 Å². The minimum absolute atomic E-state index is 0.139. The molecule has 2 heteroatoms. The second kappa shape index (κ2) is 5.26. The highest BCUT2D eigenvalue weighted by atomic mass is 16.5. The Hall–Kier alpha value is -0.520. The number of rotatable bonds is 3. The van der Waals surface area contributed by atoms with Crippen LogP contribution in [0.1, 0.15) is 33.1 Å². The maximum absolute atomic E-state index is 5.65. The van der Waals surface area contributed by atoms with Gasteiger partial charge in [0.1, 0.15) is 0 Å². The Labute approximate surface area is 81.0 Å². The average molecular weight is 181 g/mol. The predicted octanol–water partition coefficient (Wildman–Crippen LogP) is 1.56. The molecule has 0 spiro atoms. The lowest BCUT2D eigenvalue weighted by Crippen LogP contribution is -2.44. The Morgan fingerprint density at radius 3 is 2.77 bits per heavy atom. The number of ether oxygens (including phenoxy) is 1. The van der Waals surface area contributed by atoms with E-state index >= 15 is 0 Å². The van der Waals surface area contributed by atoms with Crippen molar-refractivity contribution < 1.29 is 4.74 Å². The van der Waals surface area contributed by atoms with Crippen LogP contribution in [0.4, 0.5) is 0 Å². The van der Waals surface area contributed by atoms with Crippen LogP contribution in [-0.4, -0.2) is 24.8 Å². The van der Waals surface area contributed by atoms with Crippen molar-refractivity contribution in [3.63, 3.8) is 0 Å². The zero-order chi connectivity index (χ0) is 9.68. The first-order chi connectivity index (χ1) is 6.24. The van der Waals surface area contributed by atoms with Crippen molar-refractivity contribution >= 4 is 0 Å². The van der Waals surface area contributed by atoms with Crippen LogP contribution in [0, 0.1) is 12.3 Å². The molecule has 13 heavy (non-hydrogen) atoms. The maximum atomic E-state index is 5.65. The molecule has 0 saturated carbocycles. The molecule has 1 aliphatic heterocycles. The lowest BCUT2D eigenvalue weighted by molar-refractivity contribution is -0.00443. The van der Waals surface area contributed by atoms with E-state index in [-0.39, 0.29) is 6.04 Å². The first-order valence-electron chi connectivity index (χ1n) is 5.08. The standard InChI is InChI=1S/C11H19NO/c1-4-9(2)12-10(3)11-7-5-6-8-13-11/h1,9-12H,5-8H2,2-3H3. The summed E-state index contributed by atoms with van der Waals surface area (Å²) in [5, 5.41) is 3.34. The molecule has 1 saturated heterocycles. The number of nitrogens with one attached hydrogen (secondary N) is 1. The molecule has 0 radical (unpaired) electrons. The van der Waals surface area contributed by atoms with E-state index < -0.39 is 0 Å². The highest BCUT2D eigenvalue weighted by Gasteiger charge is 2.21. The monoisotopic (exact) mass is 181 g/mol. The molecule has 1 rings (SSSR count). The van der Waals surface area contributed by atoms with Crippen LogP contribution >= 0.6 is 0 Å². The minimum Gasteiger partial charge on any atom is -0.377 e. The first-order valence-corrected chi connectivity index (χ1v) is 5.08. The van der Waals surface area contributed by atoms with Crippen LogP contribution < -0.4 is 5.32 Å². The topological polar surface area (TPSA) is 21.3 Å². The molecular formula is C11H19NO. The van der Waals surface area contributed by atoms with Gasteiger partial charge >= 0.3 is 0 Å². The number of hydrogen-bond donors (Lipinski definition) is 1. The van der Waals surface area contributed by atoms with E-state index in [4.69, 9.17) is 11.2 Å². The Balaban J connectivity index is 2.29. The van der Waals surface area contributed by atoms with Gasteiger partial charge in [-0.2, -0.15) is 0 Å². The summed E-state index contributed by atoms with van der Waals surface area (Å²) in [6, 6.07) is 0.506. The fourth-order valence-electron chi connectivity index (χ4n) is 1.71. The van der Waals surface area contributed by atoms with Gasteiger partial charge in [0.25, 0.3) is 0 Å². The summed E-state index contributed by atoms with van der Waals surface area (Å²) in [4.78, 5) is 0. The normalized spacial score (nSPS) is 27.6. The molecule has 0 aromatic heterocycles. The lowest BCUT2D eigenvalue weighted by atomic mass is 10.0. The SMILES string of the molecule is C#CC(C)NC(C)C1CCCCO1. The second-order valence-corrected chi connectivity index (χ2v) is 3.75. The summed E-state index contributed by atoms with van der Waals surface area (Å²) in [5.41, 5.74) is 0. The first kappa shape index (κ1) is 10.6. The number of hydrogen-bond acceptors (Lipinski definition) is 2. The van der Waals surface area contributed by atoms with E-state index in [0.29, 0.717) is 12.1 Å². The van der Waals surface area contributed by atoms with Gasteiger partial charge in [0.05, 0.1) is 12.1 Å². The van der Waals surface area contributed by atoms with Gasteiger partial charge in [-0.3, -0.25) is 5.32 Å². The predicted molar refractivity (Wildman–Crippen MR) is 54.5 cm³/mol. The Morgan fingerprint density at radius 2 is 2.23 bits per heavy atom. The zero-order valence-electron chi connectivity index (χ0n) is 8.55. The summed E-state index contributed by atoms with van der Waals surface area (Å²) < 4.78 is 5.65. The van der Waals surface area contributed by atoms with Crippen molar-refractivity contribution in [3.05, 3.63) is 0 Å². The Morgan fingerprint density at radius 1 is 1.46 bits per heavy atom. The van der Waals surface area contributed by atoms with Gasteiger partial charge in [0, 0.05) is 12.6 Å². The summed E-state index contributed by atoms with van der Waals surface area (Å²) in [6.07, 6.45) is 9.29. The van der Waals surface area contributed by atoms with Crippen LogP contribution in [0.15, 0.2) is 0 Å². The van der Waals surface area contributed by atoms with Crippen LogP contribution in [0.25, 0.3) is 0 Å². The fraction of sp³-hybridized carbons (Fsp3) is 0.818. The molecule has 0 aromatic carbocycles. The molecule has 1 fully saturated rings. The second-order valence-electron chi connectivity index (χ2n) is 3.75. The summed E-state index contributed by atoms with van der Waals surface area (Å²) in [7, 11) is 0. The Bertz CT molecular complexity index is 179. The van der Waals surface area contributed by atoms with Crippen molar-refractivity contribution in [1.29, 1.82) is 0 Å². The molecule has 0 bridgehead atoms. The summed E-state index contributed by atoms with van der Waals surface area (Å²) in [6.45, 7) is 5.05. The van der Waals surface area contributed by atoms with Crippen LogP contribution in [-0.2, 0) is 4.74 Å². The Kier molecular flexibility index (Phi) is 4.27. The van der Waals surface area contributed by atoms with Crippen LogP contribution in [0.3, 0.4) is 0 Å². The largest absolute Gasteiger partial charge is 0.377 e. The molecule has 3 unspecified atom stereocenters. The van der Waals surface area contributed by atoms with E-state index in [1.165, 1.54) is 12.8 Å². The molecule has 3 atom stereocenters. The van der Waals surface area contributed by atoms with E-state index in [1.54, 1.807) is 0 Å². The van der Waals surface area contributed by atoms with Crippen molar-refractivity contribution in [3.8, 4) is 12.3 Å². The summed E-state index contributed by atoms with van der Waals surface area (Å²) in [5.74, 6) is 2.67. The summed E-state index contributed by atoms with van der Waals surface area (Å²) >= 11 is 0. The zero-order valence-corrected chi connectivity index (χ0v) is 8.55. The quantitative estimate of drug-likeness (QED) is 0.667. The molecular weight excluding hydrogens is 162 g/mol. The third kappa shape index (κ3) is 3.38. The van der Waals surface area contributed by atoms with E-state index in [1.807, 2.05) is 6.92 Å². The maximum Gasteiger partial charge on any atom is 0.0725 e. The van der Waals surface area contributed by atoms with E-state index in [9.17, 15) is 0 Å². The van der Waals surface area contributed by atoms with Crippen molar-refractivity contribution in [1.82, 2.24) is 5.32 Å². The van der Waals surface area contributed by atoms with E-state index in [0.717, 1.165) is 13.0 Å². The molecule has 1 N–H and O–H groups in total. The third-order valence-electron chi connectivity index (χ3n) is 2.54. The molecule has 74 valence electrons. The van der Waals surface area contributed by atoms with Crippen molar-refractivity contribution in [2.45, 2.75) is 51.3 Å². The smallest absolute Gasteiger partial charge is 0.0725 e. The van der Waals surface area contributed by atoms with Gasteiger partial charge in [0.2, 0.25) is 0 Å². The number of terminal acetylenes is 1. The highest BCUT2D eigenvalue weighted by Crippen LogP contribution is 2.15. The highest BCUT2D eigenvalue weighted by molar-refractivity contribution is 4.97. The van der Waals surface area contributed by atoms with Gasteiger partial charge < -0.3 is 4.74 Å². The molecule has 1 heterocycles. The van der Waals surface area contributed by atoms with Gasteiger partial charge in [-0.1, -0.05) is 5.92 Å². The third-order valence-corrected chi connectivity index (χ3v) is 2.54. The van der Waals surface area contributed by atoms with Crippen LogP contribution in [0.2, 0.25) is 0 Å².